The lowest BCUT2D eigenvalue weighted by atomic mass is 10.3. The second-order valence-electron chi connectivity index (χ2n) is 5.63. The number of aromatic nitrogens is 1. The number of rotatable bonds is 6. The Morgan fingerprint density at radius 2 is 2.16 bits per heavy atom. The summed E-state index contributed by atoms with van der Waals surface area (Å²) in [5.41, 5.74) is 0. The van der Waals surface area contributed by atoms with E-state index in [1.165, 1.54) is 0 Å². The van der Waals surface area contributed by atoms with Gasteiger partial charge in [0.05, 0.1) is 18.1 Å². The fourth-order valence-electron chi connectivity index (χ4n) is 2.59. The van der Waals surface area contributed by atoms with Crippen molar-refractivity contribution in [3.63, 3.8) is 0 Å². The van der Waals surface area contributed by atoms with Crippen LogP contribution >= 0.6 is 15.9 Å². The van der Waals surface area contributed by atoms with Gasteiger partial charge in [0.25, 0.3) is 5.91 Å². The summed E-state index contributed by atoms with van der Waals surface area (Å²) in [6.07, 6.45) is 2.39. The van der Waals surface area contributed by atoms with E-state index in [-0.39, 0.29) is 18.6 Å². The number of nitrogens with zero attached hydrogens (tertiary/aromatic N) is 2. The molecule has 0 N–H and O–H groups in total. The van der Waals surface area contributed by atoms with E-state index in [4.69, 9.17) is 14.2 Å². The molecule has 0 spiro atoms. The molecule has 0 bridgehead atoms. The topological polar surface area (TPSA) is 60.9 Å². The Morgan fingerprint density at radius 3 is 2.96 bits per heavy atom. The monoisotopic (exact) mass is 406 g/mol. The first-order valence-corrected chi connectivity index (χ1v) is 8.77. The van der Waals surface area contributed by atoms with Crippen molar-refractivity contribution in [1.29, 1.82) is 0 Å². The van der Waals surface area contributed by atoms with E-state index in [9.17, 15) is 4.79 Å². The van der Waals surface area contributed by atoms with Crippen molar-refractivity contribution in [2.75, 3.05) is 26.8 Å². The third-order valence-electron chi connectivity index (χ3n) is 3.90. The molecule has 0 aliphatic carbocycles. The minimum atomic E-state index is -0.0630. The normalized spacial score (nSPS) is 16.6. The van der Waals surface area contributed by atoms with Crippen LogP contribution < -0.4 is 14.2 Å². The predicted octanol–water partition coefficient (Wildman–Crippen LogP) is 2.91. The smallest absolute Gasteiger partial charge is 0.260 e. The molecule has 1 aromatic carbocycles. The highest BCUT2D eigenvalue weighted by atomic mass is 79.9. The van der Waals surface area contributed by atoms with Gasteiger partial charge < -0.3 is 19.1 Å². The van der Waals surface area contributed by atoms with Crippen molar-refractivity contribution in [1.82, 2.24) is 9.88 Å². The Balaban J connectivity index is 1.49. The van der Waals surface area contributed by atoms with Gasteiger partial charge in [-0.1, -0.05) is 6.07 Å². The number of pyridine rings is 1. The van der Waals surface area contributed by atoms with Crippen LogP contribution in [0.3, 0.4) is 0 Å². The van der Waals surface area contributed by atoms with Crippen LogP contribution in [-0.2, 0) is 4.79 Å². The third-order valence-corrected chi connectivity index (χ3v) is 4.51. The molecule has 1 unspecified atom stereocenters. The van der Waals surface area contributed by atoms with Crippen molar-refractivity contribution >= 4 is 21.8 Å². The molecule has 3 rings (SSSR count). The number of likely N-dealkylation sites (tertiary alicyclic amines) is 1. The number of hydrogen-bond acceptors (Lipinski definition) is 5. The van der Waals surface area contributed by atoms with Crippen LogP contribution in [0.4, 0.5) is 0 Å². The van der Waals surface area contributed by atoms with Gasteiger partial charge >= 0.3 is 0 Å². The van der Waals surface area contributed by atoms with E-state index in [0.29, 0.717) is 30.5 Å². The molecule has 1 saturated heterocycles. The summed E-state index contributed by atoms with van der Waals surface area (Å²) in [6, 6.07) is 10.9. The number of benzene rings is 1. The van der Waals surface area contributed by atoms with E-state index in [0.717, 1.165) is 10.9 Å². The zero-order valence-electron chi connectivity index (χ0n) is 13.9. The van der Waals surface area contributed by atoms with Gasteiger partial charge in [0, 0.05) is 25.2 Å². The molecule has 7 heteroatoms. The van der Waals surface area contributed by atoms with Crippen LogP contribution in [0.25, 0.3) is 0 Å². The van der Waals surface area contributed by atoms with E-state index in [2.05, 4.69) is 20.9 Å². The predicted molar refractivity (Wildman–Crippen MR) is 96.0 cm³/mol. The molecule has 132 valence electrons. The van der Waals surface area contributed by atoms with Crippen molar-refractivity contribution in [2.45, 2.75) is 12.5 Å². The molecule has 1 amide bonds. The fraction of sp³-hybridized carbons (Fsp3) is 0.333. The zero-order valence-corrected chi connectivity index (χ0v) is 15.4. The van der Waals surface area contributed by atoms with Crippen LogP contribution in [0.2, 0.25) is 0 Å². The Morgan fingerprint density at radius 1 is 1.32 bits per heavy atom. The van der Waals surface area contributed by atoms with Crippen molar-refractivity contribution < 1.29 is 19.0 Å². The summed E-state index contributed by atoms with van der Waals surface area (Å²) in [5.74, 6) is 1.79. The number of carbonyl (C=O) groups is 1. The molecule has 25 heavy (non-hydrogen) atoms. The lowest BCUT2D eigenvalue weighted by Crippen LogP contribution is -2.34. The Kier molecular flexibility index (Phi) is 5.75. The molecular formula is C18H19BrN2O4. The molecule has 1 aromatic heterocycles. The molecule has 1 aliphatic heterocycles. The first kappa shape index (κ1) is 17.5. The van der Waals surface area contributed by atoms with E-state index in [1.54, 1.807) is 30.3 Å². The summed E-state index contributed by atoms with van der Waals surface area (Å²) in [7, 11) is 1.59. The van der Waals surface area contributed by atoms with Crippen LogP contribution in [0.1, 0.15) is 6.42 Å². The maximum Gasteiger partial charge on any atom is 0.260 e. The summed E-state index contributed by atoms with van der Waals surface area (Å²) in [4.78, 5) is 18.3. The van der Waals surface area contributed by atoms with E-state index >= 15 is 0 Å². The summed E-state index contributed by atoms with van der Waals surface area (Å²) < 4.78 is 17.4. The highest BCUT2D eigenvalue weighted by Crippen LogP contribution is 2.24. The summed E-state index contributed by atoms with van der Waals surface area (Å²) >= 11 is 3.41. The van der Waals surface area contributed by atoms with Gasteiger partial charge in [-0.15, -0.1) is 0 Å². The first-order valence-electron chi connectivity index (χ1n) is 7.97. The molecular weight excluding hydrogens is 388 g/mol. The number of methoxy groups -OCH3 is 1. The van der Waals surface area contributed by atoms with E-state index < -0.39 is 0 Å². The van der Waals surface area contributed by atoms with Gasteiger partial charge in [0.1, 0.15) is 17.6 Å². The highest BCUT2D eigenvalue weighted by molar-refractivity contribution is 9.10. The van der Waals surface area contributed by atoms with Crippen LogP contribution in [0, 0.1) is 0 Å². The first-order chi connectivity index (χ1) is 12.2. The van der Waals surface area contributed by atoms with Crippen molar-refractivity contribution in [3.05, 3.63) is 47.1 Å². The zero-order chi connectivity index (χ0) is 17.6. The SMILES string of the molecule is COc1cccc(OCC(=O)N2CCC(Oc3ncccc3Br)C2)c1. The Labute approximate surface area is 154 Å². The second kappa shape index (κ2) is 8.20. The minimum Gasteiger partial charge on any atom is -0.497 e. The molecule has 0 radical (unpaired) electrons. The quantitative estimate of drug-likeness (QED) is 0.737. The van der Waals surface area contributed by atoms with Crippen LogP contribution in [0.5, 0.6) is 17.4 Å². The number of ether oxygens (including phenoxy) is 3. The second-order valence-corrected chi connectivity index (χ2v) is 6.48. The van der Waals surface area contributed by atoms with Crippen molar-refractivity contribution in [2.24, 2.45) is 0 Å². The lowest BCUT2D eigenvalue weighted by molar-refractivity contribution is -0.132. The van der Waals surface area contributed by atoms with Crippen LogP contribution in [-0.4, -0.2) is 48.7 Å². The number of hydrogen-bond donors (Lipinski definition) is 0. The third kappa shape index (κ3) is 4.63. The average molecular weight is 407 g/mol. The minimum absolute atomic E-state index is 0.00678. The van der Waals surface area contributed by atoms with Gasteiger partial charge in [0.2, 0.25) is 5.88 Å². The number of carbonyl (C=O) groups excluding carboxylic acids is 1. The lowest BCUT2D eigenvalue weighted by Gasteiger charge is -2.17. The number of halogens is 1. The molecule has 0 saturated carbocycles. The van der Waals surface area contributed by atoms with Crippen LogP contribution in [0.15, 0.2) is 47.1 Å². The van der Waals surface area contributed by atoms with E-state index in [1.807, 2.05) is 24.3 Å². The summed E-state index contributed by atoms with van der Waals surface area (Å²) in [5, 5.41) is 0. The highest BCUT2D eigenvalue weighted by Gasteiger charge is 2.28. The number of amides is 1. The molecule has 6 nitrogen and oxygen atoms in total. The van der Waals surface area contributed by atoms with Gasteiger partial charge in [-0.2, -0.15) is 0 Å². The standard InChI is InChI=1S/C18H19BrN2O4/c1-23-13-4-2-5-14(10-13)24-12-17(22)21-9-7-15(11-21)25-18-16(19)6-3-8-20-18/h2-6,8,10,15H,7,9,11-12H2,1H3. The molecule has 1 aliphatic rings. The van der Waals surface area contributed by atoms with Gasteiger partial charge in [-0.05, 0) is 40.2 Å². The summed E-state index contributed by atoms with van der Waals surface area (Å²) in [6.45, 7) is 1.17. The maximum absolute atomic E-state index is 12.3. The van der Waals surface area contributed by atoms with Gasteiger partial charge in [-0.25, -0.2) is 4.98 Å². The van der Waals surface area contributed by atoms with Gasteiger partial charge in [-0.3, -0.25) is 4.79 Å². The average Bonchev–Trinajstić information content (AvgIpc) is 3.10. The Hall–Kier alpha value is -2.28. The largest absolute Gasteiger partial charge is 0.497 e. The molecule has 2 heterocycles. The molecule has 2 aromatic rings. The Bertz CT molecular complexity index is 741. The maximum atomic E-state index is 12.3. The molecule has 1 atom stereocenters. The fourth-order valence-corrected chi connectivity index (χ4v) is 2.94. The van der Waals surface area contributed by atoms with Gasteiger partial charge in [0.15, 0.2) is 6.61 Å². The van der Waals surface area contributed by atoms with Crippen molar-refractivity contribution in [3.8, 4) is 17.4 Å². The molecule has 1 fully saturated rings.